The lowest BCUT2D eigenvalue weighted by Gasteiger charge is -2.25. The Morgan fingerprint density at radius 1 is 1.56 bits per heavy atom. The van der Waals surface area contributed by atoms with Gasteiger partial charge in [0.1, 0.15) is 6.04 Å². The Hall–Kier alpha value is -0.810. The lowest BCUT2D eigenvalue weighted by molar-refractivity contribution is -0.131. The normalized spacial score (nSPS) is 22.0. The van der Waals surface area contributed by atoms with Crippen molar-refractivity contribution in [2.24, 2.45) is 11.7 Å². The molecule has 1 fully saturated rings. The van der Waals surface area contributed by atoms with E-state index in [1.54, 1.807) is 0 Å². The lowest BCUT2D eigenvalue weighted by Crippen LogP contribution is -2.54. The highest BCUT2D eigenvalue weighted by Crippen LogP contribution is 2.04. The molecular weight excluding hydrogens is 230 g/mol. The Balaban J connectivity index is 0.00000225. The van der Waals surface area contributed by atoms with E-state index in [4.69, 9.17) is 5.73 Å². The molecule has 1 aliphatic heterocycles. The first-order chi connectivity index (χ1) is 7.02. The third-order valence-electron chi connectivity index (χ3n) is 2.62. The maximum Gasteiger partial charge on any atom is 0.242 e. The van der Waals surface area contributed by atoms with Crippen LogP contribution in [0.3, 0.4) is 0 Å². The second-order valence-electron chi connectivity index (χ2n) is 4.26. The van der Waals surface area contributed by atoms with E-state index >= 15 is 0 Å². The molecule has 1 unspecified atom stereocenters. The van der Waals surface area contributed by atoms with Crippen LogP contribution in [0.15, 0.2) is 0 Å². The summed E-state index contributed by atoms with van der Waals surface area (Å²) < 4.78 is 0. The molecule has 0 radical (unpaired) electrons. The molecule has 2 atom stereocenters. The van der Waals surface area contributed by atoms with Crippen LogP contribution in [0, 0.1) is 5.92 Å². The zero-order valence-corrected chi connectivity index (χ0v) is 10.5. The van der Waals surface area contributed by atoms with Gasteiger partial charge >= 0.3 is 0 Å². The van der Waals surface area contributed by atoms with Crippen LogP contribution in [-0.2, 0) is 9.59 Å². The molecule has 0 spiro atoms. The van der Waals surface area contributed by atoms with E-state index in [0.29, 0.717) is 13.0 Å². The van der Waals surface area contributed by atoms with Crippen LogP contribution in [0.5, 0.6) is 0 Å². The number of carbonyl (C=O) groups is 2. The van der Waals surface area contributed by atoms with Crippen molar-refractivity contribution in [1.29, 1.82) is 0 Å². The molecule has 1 aliphatic rings. The largest absolute Gasteiger partial charge is 0.354 e. The van der Waals surface area contributed by atoms with E-state index in [-0.39, 0.29) is 30.1 Å². The van der Waals surface area contributed by atoms with E-state index in [0.717, 1.165) is 6.42 Å². The standard InChI is InChI=1S/C10H19N3O2.ClH/c1-6(2)8(11)10(15)13-7-4-3-5-12-9(7)14;/h6-8H,3-5,11H2,1-2H3,(H,12,14)(H,13,15);1H/t7?,8-;/m0./s1. The highest BCUT2D eigenvalue weighted by Gasteiger charge is 2.26. The fourth-order valence-corrected chi connectivity index (χ4v) is 1.48. The summed E-state index contributed by atoms with van der Waals surface area (Å²) >= 11 is 0. The molecule has 0 aromatic heterocycles. The van der Waals surface area contributed by atoms with Crippen molar-refractivity contribution in [3.63, 3.8) is 0 Å². The van der Waals surface area contributed by atoms with E-state index in [1.165, 1.54) is 0 Å². The Bertz CT molecular complexity index is 258. The molecule has 2 amide bonds. The fraction of sp³-hybridized carbons (Fsp3) is 0.800. The van der Waals surface area contributed by atoms with Crippen LogP contribution in [0.4, 0.5) is 0 Å². The Morgan fingerprint density at radius 3 is 2.69 bits per heavy atom. The molecule has 0 saturated carbocycles. The number of amides is 2. The van der Waals surface area contributed by atoms with Gasteiger partial charge in [-0.15, -0.1) is 12.4 Å². The van der Waals surface area contributed by atoms with Gasteiger partial charge in [-0.3, -0.25) is 9.59 Å². The molecule has 0 aliphatic carbocycles. The Kier molecular flexibility index (Phi) is 6.36. The molecule has 0 bridgehead atoms. The van der Waals surface area contributed by atoms with Crippen molar-refractivity contribution in [3.05, 3.63) is 0 Å². The zero-order chi connectivity index (χ0) is 11.4. The molecular formula is C10H20ClN3O2. The molecule has 94 valence electrons. The Morgan fingerprint density at radius 2 is 2.19 bits per heavy atom. The maximum absolute atomic E-state index is 11.6. The second-order valence-corrected chi connectivity index (χ2v) is 4.26. The minimum atomic E-state index is -0.542. The van der Waals surface area contributed by atoms with Gasteiger partial charge in [-0.05, 0) is 18.8 Å². The van der Waals surface area contributed by atoms with Crippen molar-refractivity contribution in [2.45, 2.75) is 38.8 Å². The molecule has 1 saturated heterocycles. The lowest BCUT2D eigenvalue weighted by atomic mass is 10.0. The van der Waals surface area contributed by atoms with Crippen LogP contribution >= 0.6 is 12.4 Å². The summed E-state index contributed by atoms with van der Waals surface area (Å²) in [5.41, 5.74) is 5.68. The molecule has 1 rings (SSSR count). The van der Waals surface area contributed by atoms with E-state index in [1.807, 2.05) is 13.8 Å². The van der Waals surface area contributed by atoms with Crippen molar-refractivity contribution < 1.29 is 9.59 Å². The number of hydrogen-bond donors (Lipinski definition) is 3. The van der Waals surface area contributed by atoms with Gasteiger partial charge in [-0.25, -0.2) is 0 Å². The number of halogens is 1. The fourth-order valence-electron chi connectivity index (χ4n) is 1.48. The summed E-state index contributed by atoms with van der Waals surface area (Å²) in [7, 11) is 0. The third-order valence-corrected chi connectivity index (χ3v) is 2.62. The summed E-state index contributed by atoms with van der Waals surface area (Å²) in [6.07, 6.45) is 1.59. The molecule has 5 nitrogen and oxygen atoms in total. The first kappa shape index (κ1) is 15.2. The summed E-state index contributed by atoms with van der Waals surface area (Å²) in [5, 5.41) is 5.38. The number of rotatable bonds is 3. The van der Waals surface area contributed by atoms with Gasteiger partial charge in [-0.1, -0.05) is 13.8 Å². The third kappa shape index (κ3) is 3.98. The topological polar surface area (TPSA) is 84.2 Å². The zero-order valence-electron chi connectivity index (χ0n) is 9.66. The van der Waals surface area contributed by atoms with Gasteiger partial charge in [0.25, 0.3) is 0 Å². The summed E-state index contributed by atoms with van der Waals surface area (Å²) in [4.78, 5) is 22.9. The average molecular weight is 250 g/mol. The first-order valence-corrected chi connectivity index (χ1v) is 5.36. The minimum absolute atomic E-state index is 0. The molecule has 0 aromatic rings. The van der Waals surface area contributed by atoms with Crippen molar-refractivity contribution in [3.8, 4) is 0 Å². The summed E-state index contributed by atoms with van der Waals surface area (Å²) in [5.74, 6) is -0.269. The molecule has 16 heavy (non-hydrogen) atoms. The number of piperidine rings is 1. The van der Waals surface area contributed by atoms with Gasteiger partial charge in [0, 0.05) is 6.54 Å². The number of carbonyl (C=O) groups excluding carboxylic acids is 2. The predicted octanol–water partition coefficient (Wildman–Crippen LogP) is -0.214. The Labute approximate surface area is 102 Å². The predicted molar refractivity (Wildman–Crippen MR) is 64.2 cm³/mol. The van der Waals surface area contributed by atoms with Crippen LogP contribution < -0.4 is 16.4 Å². The molecule has 0 aromatic carbocycles. The highest BCUT2D eigenvalue weighted by molar-refractivity contribution is 5.90. The SMILES string of the molecule is CC(C)[C@H](N)C(=O)NC1CCCNC1=O.Cl. The summed E-state index contributed by atoms with van der Waals surface area (Å²) in [6, 6.07) is -0.948. The number of hydrogen-bond acceptors (Lipinski definition) is 3. The van der Waals surface area contributed by atoms with Gasteiger partial charge < -0.3 is 16.4 Å². The van der Waals surface area contributed by atoms with Crippen LogP contribution in [0.2, 0.25) is 0 Å². The minimum Gasteiger partial charge on any atom is -0.354 e. The smallest absolute Gasteiger partial charge is 0.242 e. The van der Waals surface area contributed by atoms with Crippen molar-refractivity contribution >= 4 is 24.2 Å². The average Bonchev–Trinajstić information content (AvgIpc) is 2.20. The highest BCUT2D eigenvalue weighted by atomic mass is 35.5. The van der Waals surface area contributed by atoms with Crippen molar-refractivity contribution in [1.82, 2.24) is 10.6 Å². The second kappa shape index (κ2) is 6.70. The molecule has 1 heterocycles. The van der Waals surface area contributed by atoms with Gasteiger partial charge in [0.15, 0.2) is 0 Å². The van der Waals surface area contributed by atoms with E-state index in [2.05, 4.69) is 10.6 Å². The van der Waals surface area contributed by atoms with Crippen LogP contribution in [-0.4, -0.2) is 30.4 Å². The van der Waals surface area contributed by atoms with E-state index < -0.39 is 12.1 Å². The van der Waals surface area contributed by atoms with Crippen molar-refractivity contribution in [2.75, 3.05) is 6.54 Å². The van der Waals surface area contributed by atoms with Crippen LogP contribution in [0.1, 0.15) is 26.7 Å². The maximum atomic E-state index is 11.6. The monoisotopic (exact) mass is 249 g/mol. The van der Waals surface area contributed by atoms with Gasteiger partial charge in [-0.2, -0.15) is 0 Å². The van der Waals surface area contributed by atoms with Gasteiger partial charge in [0.05, 0.1) is 6.04 Å². The molecule has 6 heteroatoms. The first-order valence-electron chi connectivity index (χ1n) is 5.36. The number of nitrogens with one attached hydrogen (secondary N) is 2. The van der Waals surface area contributed by atoms with E-state index in [9.17, 15) is 9.59 Å². The van der Waals surface area contributed by atoms with Gasteiger partial charge in [0.2, 0.25) is 11.8 Å². The summed E-state index contributed by atoms with van der Waals surface area (Å²) in [6.45, 7) is 4.46. The van der Waals surface area contributed by atoms with Crippen LogP contribution in [0.25, 0.3) is 0 Å². The number of nitrogens with two attached hydrogens (primary N) is 1. The quantitative estimate of drug-likeness (QED) is 0.647. The molecule has 4 N–H and O–H groups in total.